The minimum absolute atomic E-state index is 0.0995. The lowest BCUT2D eigenvalue weighted by Gasteiger charge is -2.22. The van der Waals surface area contributed by atoms with Crippen molar-refractivity contribution in [3.05, 3.63) is 84.1 Å². The average molecular weight is 471 g/mol. The highest BCUT2D eigenvalue weighted by Gasteiger charge is 2.26. The molecule has 182 valence electrons. The number of hydrogen-bond donors (Lipinski definition) is 4. The fourth-order valence-electron chi connectivity index (χ4n) is 4.53. The molecule has 2 atom stereocenters. The van der Waals surface area contributed by atoms with E-state index in [-0.39, 0.29) is 17.7 Å². The molecule has 0 fully saturated rings. The summed E-state index contributed by atoms with van der Waals surface area (Å²) in [6.45, 7) is 3.01. The zero-order valence-electron chi connectivity index (χ0n) is 20.2. The summed E-state index contributed by atoms with van der Waals surface area (Å²) in [5, 5.41) is 9.39. The standard InChI is InChI=1S/C29H34N4O2/c1-2-21(18-24-19-32-26-11-6-5-10-25(24)26)28(34)33-27(29(35)31-15-7-14-30)17-20-12-13-22-8-3-4-9-23(22)16-20/h3-6,8-13,16,19,21,27,32H,2,7,14-15,17-18,30H2,1H3,(H,31,35)(H,33,34). The van der Waals surface area contributed by atoms with E-state index < -0.39 is 6.04 Å². The van der Waals surface area contributed by atoms with Gasteiger partial charge in [-0.15, -0.1) is 0 Å². The van der Waals surface area contributed by atoms with Gasteiger partial charge in [-0.25, -0.2) is 0 Å². The summed E-state index contributed by atoms with van der Waals surface area (Å²) >= 11 is 0. The number of nitrogens with one attached hydrogen (secondary N) is 3. The molecule has 0 aliphatic rings. The predicted molar refractivity (Wildman–Crippen MR) is 142 cm³/mol. The lowest BCUT2D eigenvalue weighted by molar-refractivity contribution is -0.131. The summed E-state index contributed by atoms with van der Waals surface area (Å²) in [6.07, 6.45) is 4.40. The number of rotatable bonds is 11. The molecule has 4 aromatic rings. The molecule has 6 nitrogen and oxygen atoms in total. The van der Waals surface area contributed by atoms with Gasteiger partial charge in [0.2, 0.25) is 11.8 Å². The van der Waals surface area contributed by atoms with Gasteiger partial charge in [-0.1, -0.05) is 67.6 Å². The molecule has 0 saturated heterocycles. The Labute approximate surface area is 206 Å². The third-order valence-corrected chi connectivity index (χ3v) is 6.57. The number of benzene rings is 3. The molecule has 35 heavy (non-hydrogen) atoms. The summed E-state index contributed by atoms with van der Waals surface area (Å²) in [5.74, 6) is -0.510. The van der Waals surface area contributed by atoms with Crippen molar-refractivity contribution in [3.63, 3.8) is 0 Å². The molecule has 2 amide bonds. The van der Waals surface area contributed by atoms with Gasteiger partial charge in [-0.2, -0.15) is 0 Å². The van der Waals surface area contributed by atoms with Crippen LogP contribution in [0.4, 0.5) is 0 Å². The van der Waals surface area contributed by atoms with Crippen molar-refractivity contribution in [2.75, 3.05) is 13.1 Å². The maximum Gasteiger partial charge on any atom is 0.242 e. The lowest BCUT2D eigenvalue weighted by Crippen LogP contribution is -2.50. The molecule has 6 heteroatoms. The van der Waals surface area contributed by atoms with Gasteiger partial charge in [-0.05, 0) is 53.8 Å². The molecule has 0 radical (unpaired) electrons. The molecule has 0 aliphatic heterocycles. The van der Waals surface area contributed by atoms with Gasteiger partial charge in [0.05, 0.1) is 0 Å². The highest BCUT2D eigenvalue weighted by Crippen LogP contribution is 2.23. The van der Waals surface area contributed by atoms with E-state index in [0.29, 0.717) is 38.8 Å². The largest absolute Gasteiger partial charge is 0.361 e. The fraction of sp³-hybridized carbons (Fsp3) is 0.310. The Kier molecular flexibility index (Phi) is 8.16. The van der Waals surface area contributed by atoms with Crippen LogP contribution in [-0.4, -0.2) is 35.9 Å². The molecular formula is C29H34N4O2. The molecule has 5 N–H and O–H groups in total. The van der Waals surface area contributed by atoms with Crippen molar-refractivity contribution in [2.45, 2.75) is 38.6 Å². The number of aromatic nitrogens is 1. The highest BCUT2D eigenvalue weighted by molar-refractivity contribution is 5.90. The van der Waals surface area contributed by atoms with Crippen LogP contribution in [0.1, 0.15) is 30.9 Å². The van der Waals surface area contributed by atoms with Crippen molar-refractivity contribution in [1.82, 2.24) is 15.6 Å². The zero-order chi connectivity index (χ0) is 24.6. The first-order chi connectivity index (χ1) is 17.1. The Balaban J connectivity index is 1.50. The highest BCUT2D eigenvalue weighted by atomic mass is 16.2. The van der Waals surface area contributed by atoms with Crippen LogP contribution >= 0.6 is 0 Å². The van der Waals surface area contributed by atoms with Gasteiger partial charge < -0.3 is 21.4 Å². The minimum atomic E-state index is -0.654. The van der Waals surface area contributed by atoms with Gasteiger partial charge in [0, 0.05) is 36.0 Å². The van der Waals surface area contributed by atoms with Crippen LogP contribution in [0, 0.1) is 5.92 Å². The van der Waals surface area contributed by atoms with E-state index in [1.807, 2.05) is 49.5 Å². The van der Waals surface area contributed by atoms with E-state index in [1.54, 1.807) is 0 Å². The number of H-pyrrole nitrogens is 1. The second-order valence-corrected chi connectivity index (χ2v) is 9.05. The van der Waals surface area contributed by atoms with E-state index >= 15 is 0 Å². The topological polar surface area (TPSA) is 100 Å². The Morgan fingerprint density at radius 1 is 0.943 bits per heavy atom. The van der Waals surface area contributed by atoms with Crippen molar-refractivity contribution in [1.29, 1.82) is 0 Å². The van der Waals surface area contributed by atoms with E-state index in [1.165, 1.54) is 0 Å². The van der Waals surface area contributed by atoms with E-state index in [9.17, 15) is 9.59 Å². The number of carbonyl (C=O) groups is 2. The molecule has 0 spiro atoms. The maximum absolute atomic E-state index is 13.4. The summed E-state index contributed by atoms with van der Waals surface area (Å²) in [4.78, 5) is 29.7. The zero-order valence-corrected chi connectivity index (χ0v) is 20.2. The number of fused-ring (bicyclic) bond motifs is 2. The number of hydrogen-bond acceptors (Lipinski definition) is 3. The van der Waals surface area contributed by atoms with Crippen molar-refractivity contribution >= 4 is 33.5 Å². The first kappa shape index (κ1) is 24.5. The van der Waals surface area contributed by atoms with Crippen molar-refractivity contribution < 1.29 is 9.59 Å². The van der Waals surface area contributed by atoms with Crippen LogP contribution in [0.15, 0.2) is 72.9 Å². The Hall–Kier alpha value is -3.64. The van der Waals surface area contributed by atoms with Crippen LogP contribution in [-0.2, 0) is 22.4 Å². The van der Waals surface area contributed by atoms with Crippen LogP contribution < -0.4 is 16.4 Å². The molecule has 0 saturated carbocycles. The third-order valence-electron chi connectivity index (χ3n) is 6.57. The summed E-state index contributed by atoms with van der Waals surface area (Å²) in [6, 6.07) is 21.7. The second kappa shape index (κ2) is 11.7. The van der Waals surface area contributed by atoms with Gasteiger partial charge >= 0.3 is 0 Å². The first-order valence-corrected chi connectivity index (χ1v) is 12.4. The molecule has 2 unspecified atom stereocenters. The van der Waals surface area contributed by atoms with Crippen LogP contribution in [0.3, 0.4) is 0 Å². The predicted octanol–water partition coefficient (Wildman–Crippen LogP) is 4.08. The molecule has 3 aromatic carbocycles. The van der Waals surface area contributed by atoms with Gasteiger partial charge in [-0.3, -0.25) is 9.59 Å². The summed E-state index contributed by atoms with van der Waals surface area (Å²) in [5.41, 5.74) is 8.77. The van der Waals surface area contributed by atoms with Crippen molar-refractivity contribution in [3.8, 4) is 0 Å². The van der Waals surface area contributed by atoms with Crippen LogP contribution in [0.25, 0.3) is 21.7 Å². The fourth-order valence-corrected chi connectivity index (χ4v) is 4.53. The number of aromatic amines is 1. The number of nitrogens with two attached hydrogens (primary N) is 1. The Morgan fingerprint density at radius 2 is 1.71 bits per heavy atom. The molecule has 1 heterocycles. The number of para-hydroxylation sites is 1. The van der Waals surface area contributed by atoms with E-state index in [4.69, 9.17) is 5.73 Å². The van der Waals surface area contributed by atoms with Gasteiger partial charge in [0.1, 0.15) is 6.04 Å². The minimum Gasteiger partial charge on any atom is -0.361 e. The molecular weight excluding hydrogens is 436 g/mol. The molecule has 0 bridgehead atoms. The quantitative estimate of drug-likeness (QED) is 0.249. The van der Waals surface area contributed by atoms with Crippen molar-refractivity contribution in [2.24, 2.45) is 11.7 Å². The Morgan fingerprint density at radius 3 is 2.51 bits per heavy atom. The van der Waals surface area contributed by atoms with Crippen LogP contribution in [0.5, 0.6) is 0 Å². The Bertz CT molecular complexity index is 1300. The summed E-state index contributed by atoms with van der Waals surface area (Å²) < 4.78 is 0. The van der Waals surface area contributed by atoms with E-state index in [0.717, 1.165) is 32.8 Å². The summed E-state index contributed by atoms with van der Waals surface area (Å²) in [7, 11) is 0. The maximum atomic E-state index is 13.4. The monoisotopic (exact) mass is 470 g/mol. The van der Waals surface area contributed by atoms with E-state index in [2.05, 4.69) is 45.9 Å². The normalized spacial score (nSPS) is 13.0. The van der Waals surface area contributed by atoms with Crippen LogP contribution in [0.2, 0.25) is 0 Å². The average Bonchev–Trinajstić information content (AvgIpc) is 3.29. The van der Waals surface area contributed by atoms with Gasteiger partial charge in [0.15, 0.2) is 0 Å². The number of amides is 2. The second-order valence-electron chi connectivity index (χ2n) is 9.05. The number of carbonyl (C=O) groups excluding carboxylic acids is 2. The molecule has 1 aromatic heterocycles. The lowest BCUT2D eigenvalue weighted by atomic mass is 9.94. The molecule has 0 aliphatic carbocycles. The molecule has 4 rings (SSSR count). The smallest absolute Gasteiger partial charge is 0.242 e. The van der Waals surface area contributed by atoms with Gasteiger partial charge in [0.25, 0.3) is 0 Å². The SMILES string of the molecule is CCC(Cc1c[nH]c2ccccc12)C(=O)NC(Cc1ccc2ccccc2c1)C(=O)NCCCN. The first-order valence-electron chi connectivity index (χ1n) is 12.4. The third kappa shape index (κ3) is 6.08.